The van der Waals surface area contributed by atoms with Crippen LogP contribution in [0.3, 0.4) is 0 Å². The van der Waals surface area contributed by atoms with Crippen molar-refractivity contribution >= 4 is 15.9 Å². The second-order valence-corrected chi connectivity index (χ2v) is 4.52. The summed E-state index contributed by atoms with van der Waals surface area (Å²) in [5.41, 5.74) is 0.982. The first kappa shape index (κ1) is 10.6. The fourth-order valence-electron chi connectivity index (χ4n) is 1.83. The minimum Gasteiger partial charge on any atom is -0.372 e. The van der Waals surface area contributed by atoms with E-state index in [9.17, 15) is 0 Å². The lowest BCUT2D eigenvalue weighted by Crippen LogP contribution is -2.21. The van der Waals surface area contributed by atoms with Crippen LogP contribution in [0.25, 0.3) is 0 Å². The fraction of sp³-hybridized carbons (Fsp3) is 0.455. The van der Waals surface area contributed by atoms with E-state index in [-0.39, 0.29) is 12.0 Å². The van der Waals surface area contributed by atoms with Gasteiger partial charge >= 0.3 is 0 Å². The van der Waals surface area contributed by atoms with Crippen LogP contribution >= 0.6 is 15.9 Å². The number of nitriles is 1. The molecule has 4 heteroatoms. The summed E-state index contributed by atoms with van der Waals surface area (Å²) in [6, 6.07) is 4.27. The molecule has 1 aliphatic heterocycles. The molecule has 1 fully saturated rings. The van der Waals surface area contributed by atoms with Crippen LogP contribution in [-0.4, -0.2) is 11.6 Å². The number of ether oxygens (including phenoxy) is 1. The summed E-state index contributed by atoms with van der Waals surface area (Å²) in [4.78, 5) is 4.09. The third-order valence-corrected chi connectivity index (χ3v) is 2.98. The maximum atomic E-state index is 9.03. The highest BCUT2D eigenvalue weighted by Crippen LogP contribution is 2.33. The van der Waals surface area contributed by atoms with E-state index in [4.69, 9.17) is 10.00 Å². The van der Waals surface area contributed by atoms with Crippen molar-refractivity contribution < 1.29 is 4.74 Å². The molecule has 0 amide bonds. The number of rotatable bonds is 1. The van der Waals surface area contributed by atoms with E-state index in [1.54, 1.807) is 12.4 Å². The van der Waals surface area contributed by atoms with Crippen LogP contribution < -0.4 is 0 Å². The number of halogens is 1. The molecule has 0 radical (unpaired) electrons. The summed E-state index contributed by atoms with van der Waals surface area (Å²) in [7, 11) is 0. The Morgan fingerprint density at radius 1 is 1.53 bits per heavy atom. The maximum absolute atomic E-state index is 9.03. The Labute approximate surface area is 97.2 Å². The van der Waals surface area contributed by atoms with Crippen molar-refractivity contribution in [1.82, 2.24) is 4.98 Å². The minimum absolute atomic E-state index is 0.0464. The lowest BCUT2D eigenvalue weighted by atomic mass is 9.91. The van der Waals surface area contributed by atoms with Gasteiger partial charge in [-0.2, -0.15) is 5.26 Å². The van der Waals surface area contributed by atoms with Crippen LogP contribution in [0.2, 0.25) is 0 Å². The van der Waals surface area contributed by atoms with Crippen LogP contribution in [0.5, 0.6) is 0 Å². The van der Waals surface area contributed by atoms with Crippen molar-refractivity contribution in [3.63, 3.8) is 0 Å². The molecule has 1 aliphatic rings. The molecule has 2 heterocycles. The third kappa shape index (κ3) is 2.36. The zero-order valence-electron chi connectivity index (χ0n) is 8.19. The van der Waals surface area contributed by atoms with Crippen molar-refractivity contribution in [2.24, 2.45) is 5.92 Å². The van der Waals surface area contributed by atoms with Gasteiger partial charge in [-0.15, -0.1) is 0 Å². The Morgan fingerprint density at radius 2 is 2.40 bits per heavy atom. The summed E-state index contributed by atoms with van der Waals surface area (Å²) < 4.78 is 6.56. The van der Waals surface area contributed by atoms with Gasteiger partial charge in [-0.1, -0.05) is 0 Å². The average molecular weight is 267 g/mol. The third-order valence-electron chi connectivity index (χ3n) is 2.54. The highest BCUT2D eigenvalue weighted by molar-refractivity contribution is 9.10. The first-order valence-corrected chi connectivity index (χ1v) is 5.72. The molecule has 0 N–H and O–H groups in total. The molecule has 0 aromatic carbocycles. The summed E-state index contributed by atoms with van der Waals surface area (Å²) in [6.07, 6.45) is 5.26. The van der Waals surface area contributed by atoms with Crippen molar-refractivity contribution in [1.29, 1.82) is 5.26 Å². The molecular weight excluding hydrogens is 256 g/mol. The molecule has 78 valence electrons. The molecule has 1 saturated heterocycles. The summed E-state index contributed by atoms with van der Waals surface area (Å²) in [5, 5.41) is 9.03. The lowest BCUT2D eigenvalue weighted by Gasteiger charge is -2.27. The number of pyridine rings is 1. The standard InChI is InChI=1S/C11H11BrN2O/c12-10-4-9(6-14-7-10)11-8(5-13)2-1-3-15-11/h4,6-8,11H,1-3H2. The van der Waals surface area contributed by atoms with Crippen molar-refractivity contribution in [2.45, 2.75) is 18.9 Å². The first-order chi connectivity index (χ1) is 7.31. The van der Waals surface area contributed by atoms with E-state index in [1.165, 1.54) is 0 Å². The monoisotopic (exact) mass is 266 g/mol. The molecule has 0 spiro atoms. The molecule has 1 aromatic heterocycles. The van der Waals surface area contributed by atoms with Crippen molar-refractivity contribution in [3.05, 3.63) is 28.5 Å². The maximum Gasteiger partial charge on any atom is 0.0998 e. The van der Waals surface area contributed by atoms with E-state index in [2.05, 4.69) is 27.0 Å². The second-order valence-electron chi connectivity index (χ2n) is 3.61. The zero-order chi connectivity index (χ0) is 10.7. The molecule has 2 rings (SSSR count). The van der Waals surface area contributed by atoms with Gasteiger partial charge in [-0.25, -0.2) is 0 Å². The highest BCUT2D eigenvalue weighted by Gasteiger charge is 2.27. The van der Waals surface area contributed by atoms with Gasteiger partial charge < -0.3 is 4.74 Å². The Kier molecular flexibility index (Phi) is 3.34. The van der Waals surface area contributed by atoms with Gasteiger partial charge in [0.05, 0.1) is 18.1 Å². The number of hydrogen-bond acceptors (Lipinski definition) is 3. The van der Waals surface area contributed by atoms with E-state index in [1.807, 2.05) is 6.07 Å². The predicted molar refractivity (Wildman–Crippen MR) is 59.0 cm³/mol. The normalized spacial score (nSPS) is 25.9. The summed E-state index contributed by atoms with van der Waals surface area (Å²) in [6.45, 7) is 0.732. The van der Waals surface area contributed by atoms with Gasteiger partial charge in [0.25, 0.3) is 0 Å². The van der Waals surface area contributed by atoms with E-state index in [0.717, 1.165) is 29.5 Å². The van der Waals surface area contributed by atoms with Gasteiger partial charge in [0.2, 0.25) is 0 Å². The largest absolute Gasteiger partial charge is 0.372 e. The first-order valence-electron chi connectivity index (χ1n) is 4.93. The molecule has 0 saturated carbocycles. The molecule has 2 unspecified atom stereocenters. The topological polar surface area (TPSA) is 45.9 Å². The molecule has 15 heavy (non-hydrogen) atoms. The van der Waals surface area contributed by atoms with Gasteiger partial charge in [-0.05, 0) is 34.8 Å². The quantitative estimate of drug-likeness (QED) is 0.786. The smallest absolute Gasteiger partial charge is 0.0998 e. The Bertz CT molecular complexity index is 388. The lowest BCUT2D eigenvalue weighted by molar-refractivity contribution is -0.0104. The molecule has 2 atom stereocenters. The van der Waals surface area contributed by atoms with E-state index >= 15 is 0 Å². The molecule has 0 bridgehead atoms. The second kappa shape index (κ2) is 4.73. The SMILES string of the molecule is N#CC1CCCOC1c1cncc(Br)c1. The predicted octanol–water partition coefficient (Wildman–Crippen LogP) is 2.84. The van der Waals surface area contributed by atoms with E-state index in [0.29, 0.717) is 0 Å². The van der Waals surface area contributed by atoms with Gasteiger partial charge in [-0.3, -0.25) is 4.98 Å². The van der Waals surface area contributed by atoms with Crippen LogP contribution in [0.15, 0.2) is 22.9 Å². The number of nitrogens with zero attached hydrogens (tertiary/aromatic N) is 2. The van der Waals surface area contributed by atoms with Crippen LogP contribution in [0, 0.1) is 17.2 Å². The Morgan fingerprint density at radius 3 is 3.13 bits per heavy atom. The highest BCUT2D eigenvalue weighted by atomic mass is 79.9. The van der Waals surface area contributed by atoms with Crippen molar-refractivity contribution in [3.8, 4) is 6.07 Å². The average Bonchev–Trinajstić information content (AvgIpc) is 2.29. The Hall–Kier alpha value is -0.920. The van der Waals surface area contributed by atoms with Crippen LogP contribution in [0.4, 0.5) is 0 Å². The molecule has 0 aliphatic carbocycles. The molecular formula is C11H11BrN2O. The number of hydrogen-bond donors (Lipinski definition) is 0. The van der Waals surface area contributed by atoms with Crippen LogP contribution in [0.1, 0.15) is 24.5 Å². The van der Waals surface area contributed by atoms with Crippen molar-refractivity contribution in [2.75, 3.05) is 6.61 Å². The van der Waals surface area contributed by atoms with Crippen LogP contribution in [-0.2, 0) is 4.74 Å². The molecule has 3 nitrogen and oxygen atoms in total. The van der Waals surface area contributed by atoms with Gasteiger partial charge in [0.1, 0.15) is 0 Å². The summed E-state index contributed by atoms with van der Waals surface area (Å²) >= 11 is 3.37. The Balaban J connectivity index is 2.25. The number of aromatic nitrogens is 1. The molecule has 1 aromatic rings. The fourth-order valence-corrected chi connectivity index (χ4v) is 2.21. The van der Waals surface area contributed by atoms with E-state index < -0.39 is 0 Å². The van der Waals surface area contributed by atoms with Gasteiger partial charge in [0.15, 0.2) is 0 Å². The minimum atomic E-state index is -0.117. The zero-order valence-corrected chi connectivity index (χ0v) is 9.77. The summed E-state index contributed by atoms with van der Waals surface area (Å²) in [5.74, 6) is -0.0464. The van der Waals surface area contributed by atoms with Gasteiger partial charge in [0, 0.05) is 29.0 Å².